The van der Waals surface area contributed by atoms with Gasteiger partial charge in [0.25, 0.3) is 5.91 Å². The van der Waals surface area contributed by atoms with Crippen molar-refractivity contribution in [2.24, 2.45) is 5.73 Å². The zero-order valence-corrected chi connectivity index (χ0v) is 11.4. The number of pyridine rings is 2. The quantitative estimate of drug-likeness (QED) is 0.783. The summed E-state index contributed by atoms with van der Waals surface area (Å²) in [6.07, 6.45) is 2.20. The lowest BCUT2D eigenvalue weighted by Gasteiger charge is -2.13. The molecule has 0 unspecified atom stereocenters. The molecule has 3 rings (SSSR count). The normalized spacial score (nSPS) is 10.9. The first-order valence-electron chi connectivity index (χ1n) is 6.35. The SMILES string of the molecule is NC(=O)c1cn(-c2c(F)cc(F)cc2F)c2ncccc2c1=O. The lowest BCUT2D eigenvalue weighted by molar-refractivity contribution is 0.0999. The molecule has 1 amide bonds. The summed E-state index contributed by atoms with van der Waals surface area (Å²) >= 11 is 0. The van der Waals surface area contributed by atoms with E-state index in [1.54, 1.807) is 0 Å². The van der Waals surface area contributed by atoms with Gasteiger partial charge in [-0.2, -0.15) is 0 Å². The van der Waals surface area contributed by atoms with Crippen LogP contribution in [0.15, 0.2) is 41.5 Å². The zero-order valence-electron chi connectivity index (χ0n) is 11.4. The number of carbonyl (C=O) groups is 1. The summed E-state index contributed by atoms with van der Waals surface area (Å²) in [4.78, 5) is 27.5. The molecule has 116 valence electrons. The third kappa shape index (κ3) is 2.33. The summed E-state index contributed by atoms with van der Waals surface area (Å²) in [5.41, 5.74) is 3.20. The summed E-state index contributed by atoms with van der Waals surface area (Å²) in [7, 11) is 0. The van der Waals surface area contributed by atoms with E-state index in [4.69, 9.17) is 5.73 Å². The van der Waals surface area contributed by atoms with Crippen LogP contribution >= 0.6 is 0 Å². The molecule has 8 heteroatoms. The summed E-state index contributed by atoms with van der Waals surface area (Å²) in [6.45, 7) is 0. The highest BCUT2D eigenvalue weighted by Gasteiger charge is 2.19. The van der Waals surface area contributed by atoms with Crippen molar-refractivity contribution in [2.45, 2.75) is 0 Å². The van der Waals surface area contributed by atoms with Crippen LogP contribution in [0.25, 0.3) is 16.7 Å². The van der Waals surface area contributed by atoms with E-state index in [1.165, 1.54) is 18.3 Å². The zero-order chi connectivity index (χ0) is 16.7. The number of nitrogens with zero attached hydrogens (tertiary/aromatic N) is 2. The minimum atomic E-state index is -1.21. The first kappa shape index (κ1) is 14.8. The standard InChI is InChI=1S/C15H8F3N3O2/c16-7-4-10(17)12(11(18)5-7)21-6-9(14(19)23)13(22)8-2-1-3-20-15(8)21/h1-6H,(H2,19,23). The van der Waals surface area contributed by atoms with E-state index >= 15 is 0 Å². The van der Waals surface area contributed by atoms with Crippen LogP contribution in [0.5, 0.6) is 0 Å². The lowest BCUT2D eigenvalue weighted by atomic mass is 10.1. The summed E-state index contributed by atoms with van der Waals surface area (Å²) in [5.74, 6) is -4.59. The Morgan fingerprint density at radius 1 is 1.17 bits per heavy atom. The Hall–Kier alpha value is -3.16. The molecular weight excluding hydrogens is 311 g/mol. The number of halogens is 3. The van der Waals surface area contributed by atoms with E-state index in [9.17, 15) is 22.8 Å². The Morgan fingerprint density at radius 3 is 2.43 bits per heavy atom. The van der Waals surface area contributed by atoms with Crippen molar-refractivity contribution in [3.05, 3.63) is 69.9 Å². The largest absolute Gasteiger partial charge is 0.365 e. The molecule has 0 fully saturated rings. The van der Waals surface area contributed by atoms with Crippen LogP contribution in [0, 0.1) is 17.5 Å². The van der Waals surface area contributed by atoms with Crippen LogP contribution in [0.1, 0.15) is 10.4 Å². The van der Waals surface area contributed by atoms with Crippen LogP contribution in [0.4, 0.5) is 13.2 Å². The number of carbonyl (C=O) groups excluding carboxylic acids is 1. The highest BCUT2D eigenvalue weighted by Crippen LogP contribution is 2.22. The maximum absolute atomic E-state index is 14.0. The number of hydrogen-bond acceptors (Lipinski definition) is 3. The molecule has 23 heavy (non-hydrogen) atoms. The molecule has 5 nitrogen and oxygen atoms in total. The molecule has 3 aromatic rings. The fourth-order valence-corrected chi connectivity index (χ4v) is 2.27. The van der Waals surface area contributed by atoms with Gasteiger partial charge in [0.1, 0.15) is 22.7 Å². The van der Waals surface area contributed by atoms with Crippen molar-refractivity contribution in [3.63, 3.8) is 0 Å². The topological polar surface area (TPSA) is 78.0 Å². The van der Waals surface area contributed by atoms with E-state index in [-0.39, 0.29) is 11.0 Å². The molecule has 0 saturated heterocycles. The van der Waals surface area contributed by atoms with E-state index in [0.717, 1.165) is 10.8 Å². The van der Waals surface area contributed by atoms with E-state index in [0.29, 0.717) is 12.1 Å². The Labute approximate surface area is 126 Å². The number of primary amides is 1. The highest BCUT2D eigenvalue weighted by atomic mass is 19.1. The summed E-state index contributed by atoms with van der Waals surface area (Å²) < 4.78 is 42.0. The van der Waals surface area contributed by atoms with Gasteiger partial charge in [0.05, 0.1) is 5.39 Å². The van der Waals surface area contributed by atoms with Gasteiger partial charge in [-0.15, -0.1) is 0 Å². The van der Waals surface area contributed by atoms with Crippen molar-refractivity contribution in [1.29, 1.82) is 0 Å². The number of rotatable bonds is 2. The Balaban J connectivity index is 2.50. The predicted molar refractivity (Wildman–Crippen MR) is 75.7 cm³/mol. The minimum Gasteiger partial charge on any atom is -0.365 e. The maximum Gasteiger partial charge on any atom is 0.254 e. The predicted octanol–water partition coefficient (Wildman–Crippen LogP) is 1.90. The third-order valence-corrected chi connectivity index (χ3v) is 3.25. The van der Waals surface area contributed by atoms with Gasteiger partial charge >= 0.3 is 0 Å². The van der Waals surface area contributed by atoms with Crippen molar-refractivity contribution in [1.82, 2.24) is 9.55 Å². The van der Waals surface area contributed by atoms with Gasteiger partial charge in [0.15, 0.2) is 11.6 Å². The number of amides is 1. The van der Waals surface area contributed by atoms with Crippen LogP contribution in [-0.4, -0.2) is 15.5 Å². The van der Waals surface area contributed by atoms with Crippen molar-refractivity contribution in [3.8, 4) is 5.69 Å². The second-order valence-corrected chi connectivity index (χ2v) is 4.70. The van der Waals surface area contributed by atoms with Crippen molar-refractivity contribution in [2.75, 3.05) is 0 Å². The van der Waals surface area contributed by atoms with Gasteiger partial charge in [-0.1, -0.05) is 0 Å². The Bertz CT molecular complexity index is 992. The molecular formula is C15H8F3N3O2. The molecule has 2 heterocycles. The molecule has 0 aliphatic carbocycles. The molecule has 0 aliphatic heterocycles. The summed E-state index contributed by atoms with van der Waals surface area (Å²) in [6, 6.07) is 3.73. The molecule has 0 radical (unpaired) electrons. The smallest absolute Gasteiger partial charge is 0.254 e. The van der Waals surface area contributed by atoms with E-state index in [1.807, 2.05) is 0 Å². The van der Waals surface area contributed by atoms with E-state index in [2.05, 4.69) is 4.98 Å². The molecule has 2 aromatic heterocycles. The van der Waals surface area contributed by atoms with Crippen LogP contribution in [0.2, 0.25) is 0 Å². The minimum absolute atomic E-state index is 0.0491. The second-order valence-electron chi connectivity index (χ2n) is 4.70. The van der Waals surface area contributed by atoms with Crippen LogP contribution in [-0.2, 0) is 0 Å². The number of fused-ring (bicyclic) bond motifs is 1. The second kappa shape index (κ2) is 5.24. The number of nitrogens with two attached hydrogens (primary N) is 1. The number of hydrogen-bond donors (Lipinski definition) is 1. The van der Waals surface area contributed by atoms with Gasteiger partial charge in [0.2, 0.25) is 5.43 Å². The first-order chi connectivity index (χ1) is 10.9. The van der Waals surface area contributed by atoms with Crippen molar-refractivity contribution >= 4 is 16.9 Å². The monoisotopic (exact) mass is 319 g/mol. The molecule has 2 N–H and O–H groups in total. The fourth-order valence-electron chi connectivity index (χ4n) is 2.27. The van der Waals surface area contributed by atoms with Gasteiger partial charge in [0, 0.05) is 24.5 Å². The molecule has 1 aromatic carbocycles. The van der Waals surface area contributed by atoms with Crippen molar-refractivity contribution < 1.29 is 18.0 Å². The highest BCUT2D eigenvalue weighted by molar-refractivity contribution is 5.96. The number of benzene rings is 1. The molecule has 0 atom stereocenters. The van der Waals surface area contributed by atoms with Gasteiger partial charge in [-0.05, 0) is 12.1 Å². The maximum atomic E-state index is 14.0. The van der Waals surface area contributed by atoms with Crippen LogP contribution in [0.3, 0.4) is 0 Å². The number of aromatic nitrogens is 2. The molecule has 0 aliphatic rings. The first-order valence-corrected chi connectivity index (χ1v) is 6.35. The van der Waals surface area contributed by atoms with Gasteiger partial charge in [-0.25, -0.2) is 18.2 Å². The Morgan fingerprint density at radius 2 is 1.83 bits per heavy atom. The third-order valence-electron chi connectivity index (χ3n) is 3.25. The van der Waals surface area contributed by atoms with Gasteiger partial charge in [-0.3, -0.25) is 14.2 Å². The lowest BCUT2D eigenvalue weighted by Crippen LogP contribution is -2.24. The van der Waals surface area contributed by atoms with Crippen LogP contribution < -0.4 is 11.2 Å². The molecule has 0 bridgehead atoms. The van der Waals surface area contributed by atoms with Gasteiger partial charge < -0.3 is 5.73 Å². The molecule has 0 spiro atoms. The molecule has 0 saturated carbocycles. The van der Waals surface area contributed by atoms with E-state index < -0.39 is 40.0 Å². The summed E-state index contributed by atoms with van der Waals surface area (Å²) in [5, 5.41) is -0.0491. The average Bonchev–Trinajstić information content (AvgIpc) is 2.48. The Kier molecular flexibility index (Phi) is 3.36. The fraction of sp³-hybridized carbons (Fsp3) is 0. The average molecular weight is 319 g/mol.